The highest BCUT2D eigenvalue weighted by Crippen LogP contribution is 2.29. The third kappa shape index (κ3) is 3.13. The van der Waals surface area contributed by atoms with Gasteiger partial charge in [0.25, 0.3) is 0 Å². The molecule has 0 aliphatic carbocycles. The number of rotatable bonds is 2. The Hall–Kier alpha value is -1.42. The van der Waals surface area contributed by atoms with Crippen LogP contribution >= 0.6 is 11.3 Å². The summed E-state index contributed by atoms with van der Waals surface area (Å²) in [5, 5.41) is 3.57. The van der Waals surface area contributed by atoms with Crippen LogP contribution in [0.2, 0.25) is 0 Å². The van der Waals surface area contributed by atoms with Gasteiger partial charge in [-0.25, -0.2) is 4.98 Å². The van der Waals surface area contributed by atoms with Gasteiger partial charge in [0.05, 0.1) is 10.2 Å². The predicted molar refractivity (Wildman–Crippen MR) is 81.8 cm³/mol. The Morgan fingerprint density at radius 3 is 2.58 bits per heavy atom. The second-order valence-electron chi connectivity index (χ2n) is 6.11. The Labute approximate surface area is 118 Å². The Kier molecular flexibility index (Phi) is 3.63. The summed E-state index contributed by atoms with van der Waals surface area (Å²) in [7, 11) is 0. The molecule has 1 N–H and O–H groups in total. The third-order valence-electron chi connectivity index (χ3n) is 2.98. The van der Waals surface area contributed by atoms with Crippen LogP contribution in [0.4, 0.5) is 5.13 Å². The average molecular weight is 276 g/mol. The number of aromatic nitrogens is 1. The highest BCUT2D eigenvalue weighted by Gasteiger charge is 2.22. The van der Waals surface area contributed by atoms with Gasteiger partial charge in [0.2, 0.25) is 5.91 Å². The number of hydrogen-bond acceptors (Lipinski definition) is 3. The molecule has 4 heteroatoms. The highest BCUT2D eigenvalue weighted by atomic mass is 32.1. The molecular weight excluding hydrogens is 256 g/mol. The molecule has 0 aliphatic heterocycles. The van der Waals surface area contributed by atoms with E-state index in [0.29, 0.717) is 11.0 Å². The zero-order valence-corrected chi connectivity index (χ0v) is 12.9. The summed E-state index contributed by atoms with van der Waals surface area (Å²) in [6.45, 7) is 10.0. The fraction of sp³-hybridized carbons (Fsp3) is 0.467. The van der Waals surface area contributed by atoms with E-state index < -0.39 is 5.41 Å². The van der Waals surface area contributed by atoms with Gasteiger partial charge in [-0.3, -0.25) is 4.79 Å². The van der Waals surface area contributed by atoms with Crippen LogP contribution in [-0.4, -0.2) is 10.9 Å². The van der Waals surface area contributed by atoms with E-state index in [1.807, 2.05) is 26.8 Å². The van der Waals surface area contributed by atoms with Crippen molar-refractivity contribution < 1.29 is 4.79 Å². The van der Waals surface area contributed by atoms with E-state index in [4.69, 9.17) is 0 Å². The number of carbonyl (C=O) groups excluding carboxylic acids is 1. The van der Waals surface area contributed by atoms with Crippen LogP contribution in [0.25, 0.3) is 10.2 Å². The monoisotopic (exact) mass is 276 g/mol. The molecule has 0 spiro atoms. The molecule has 0 aliphatic rings. The Morgan fingerprint density at radius 2 is 2.00 bits per heavy atom. The van der Waals surface area contributed by atoms with E-state index in [9.17, 15) is 4.79 Å². The van der Waals surface area contributed by atoms with Crippen molar-refractivity contribution in [2.24, 2.45) is 5.41 Å². The molecule has 1 amide bonds. The van der Waals surface area contributed by atoms with Gasteiger partial charge in [-0.1, -0.05) is 52.0 Å². The molecular formula is C15H20N2OS. The molecule has 2 aromatic rings. The van der Waals surface area contributed by atoms with Gasteiger partial charge >= 0.3 is 0 Å². The molecule has 2 rings (SSSR count). The van der Waals surface area contributed by atoms with Crippen LogP contribution in [0.15, 0.2) is 18.2 Å². The number of benzene rings is 1. The lowest BCUT2D eigenvalue weighted by Gasteiger charge is -2.15. The minimum absolute atomic E-state index is 0.00404. The first-order valence-corrected chi connectivity index (χ1v) is 7.31. The van der Waals surface area contributed by atoms with E-state index in [-0.39, 0.29) is 5.91 Å². The van der Waals surface area contributed by atoms with Crippen molar-refractivity contribution in [3.05, 3.63) is 23.8 Å². The minimum atomic E-state index is -0.402. The summed E-state index contributed by atoms with van der Waals surface area (Å²) >= 11 is 1.53. The molecule has 0 saturated heterocycles. The van der Waals surface area contributed by atoms with Crippen molar-refractivity contribution >= 4 is 32.6 Å². The molecule has 3 nitrogen and oxygen atoms in total. The van der Waals surface area contributed by atoms with E-state index in [1.165, 1.54) is 16.9 Å². The van der Waals surface area contributed by atoms with Gasteiger partial charge in [0.15, 0.2) is 5.13 Å². The zero-order chi connectivity index (χ0) is 14.2. The molecule has 0 unspecified atom stereocenters. The fourth-order valence-corrected chi connectivity index (χ4v) is 2.55. The summed E-state index contributed by atoms with van der Waals surface area (Å²) in [5.74, 6) is 0.495. The fourth-order valence-electron chi connectivity index (χ4n) is 1.64. The summed E-state index contributed by atoms with van der Waals surface area (Å²) in [5.41, 5.74) is 1.84. The predicted octanol–water partition coefficient (Wildman–Crippen LogP) is 4.40. The summed E-state index contributed by atoms with van der Waals surface area (Å²) in [4.78, 5) is 16.4. The summed E-state index contributed by atoms with van der Waals surface area (Å²) < 4.78 is 1.12. The molecule has 102 valence electrons. The van der Waals surface area contributed by atoms with E-state index >= 15 is 0 Å². The molecule has 0 radical (unpaired) electrons. The normalized spacial score (nSPS) is 12.1. The maximum Gasteiger partial charge on any atom is 0.231 e. The number of amides is 1. The van der Waals surface area contributed by atoms with E-state index in [0.717, 1.165) is 10.2 Å². The van der Waals surface area contributed by atoms with Crippen molar-refractivity contribution in [1.29, 1.82) is 0 Å². The summed E-state index contributed by atoms with van der Waals surface area (Å²) in [6, 6.07) is 6.28. The number of nitrogens with one attached hydrogen (secondary N) is 1. The van der Waals surface area contributed by atoms with E-state index in [1.54, 1.807) is 0 Å². The van der Waals surface area contributed by atoms with Crippen molar-refractivity contribution in [2.75, 3.05) is 5.32 Å². The molecule has 1 aromatic heterocycles. The Morgan fingerprint density at radius 1 is 1.32 bits per heavy atom. The highest BCUT2D eigenvalue weighted by molar-refractivity contribution is 7.22. The minimum Gasteiger partial charge on any atom is -0.301 e. The lowest BCUT2D eigenvalue weighted by atomic mass is 9.96. The van der Waals surface area contributed by atoms with Crippen LogP contribution in [0.3, 0.4) is 0 Å². The largest absolute Gasteiger partial charge is 0.301 e. The first kappa shape index (κ1) is 14.0. The molecule has 0 fully saturated rings. The average Bonchev–Trinajstić information content (AvgIpc) is 2.68. The van der Waals surface area contributed by atoms with Crippen LogP contribution in [0, 0.1) is 5.41 Å². The maximum absolute atomic E-state index is 11.9. The third-order valence-corrected chi connectivity index (χ3v) is 3.91. The second kappa shape index (κ2) is 4.93. The van der Waals surface area contributed by atoms with Crippen molar-refractivity contribution in [3.63, 3.8) is 0 Å². The SMILES string of the molecule is CC(C)c1ccc2nc(NC(=O)C(C)(C)C)sc2c1. The van der Waals surface area contributed by atoms with Gasteiger partial charge < -0.3 is 5.32 Å². The number of hydrogen-bond donors (Lipinski definition) is 1. The van der Waals surface area contributed by atoms with Gasteiger partial charge in [-0.2, -0.15) is 0 Å². The number of thiazole rings is 1. The Bertz CT molecular complexity index is 608. The molecule has 1 heterocycles. The van der Waals surface area contributed by atoms with Gasteiger partial charge in [0, 0.05) is 5.41 Å². The van der Waals surface area contributed by atoms with Crippen LogP contribution < -0.4 is 5.32 Å². The van der Waals surface area contributed by atoms with Crippen molar-refractivity contribution in [3.8, 4) is 0 Å². The molecule has 0 bridgehead atoms. The molecule has 1 aromatic carbocycles. The number of anilines is 1. The van der Waals surface area contributed by atoms with E-state index in [2.05, 4.69) is 36.3 Å². The van der Waals surface area contributed by atoms with Crippen LogP contribution in [0.5, 0.6) is 0 Å². The standard InChI is InChI=1S/C15H20N2OS/c1-9(2)10-6-7-11-12(8-10)19-14(16-11)17-13(18)15(3,4)5/h6-9H,1-5H3,(H,16,17,18). The second-order valence-corrected chi connectivity index (χ2v) is 7.14. The number of carbonyl (C=O) groups is 1. The first-order chi connectivity index (χ1) is 8.77. The maximum atomic E-state index is 11.9. The smallest absolute Gasteiger partial charge is 0.231 e. The lowest BCUT2D eigenvalue weighted by molar-refractivity contribution is -0.123. The van der Waals surface area contributed by atoms with Gasteiger partial charge in [-0.05, 0) is 23.6 Å². The zero-order valence-electron chi connectivity index (χ0n) is 12.1. The molecule has 19 heavy (non-hydrogen) atoms. The number of fused-ring (bicyclic) bond motifs is 1. The summed E-state index contributed by atoms with van der Waals surface area (Å²) in [6.07, 6.45) is 0. The van der Waals surface area contributed by atoms with Crippen LogP contribution in [0.1, 0.15) is 46.1 Å². The molecule has 0 saturated carbocycles. The van der Waals surface area contributed by atoms with Crippen molar-refractivity contribution in [2.45, 2.75) is 40.5 Å². The van der Waals surface area contributed by atoms with Gasteiger partial charge in [0.1, 0.15) is 0 Å². The van der Waals surface area contributed by atoms with Crippen LogP contribution in [-0.2, 0) is 4.79 Å². The molecule has 0 atom stereocenters. The lowest BCUT2D eigenvalue weighted by Crippen LogP contribution is -2.27. The van der Waals surface area contributed by atoms with Gasteiger partial charge in [-0.15, -0.1) is 0 Å². The van der Waals surface area contributed by atoms with Crippen molar-refractivity contribution in [1.82, 2.24) is 4.98 Å². The number of nitrogens with zero attached hydrogens (tertiary/aromatic N) is 1. The first-order valence-electron chi connectivity index (χ1n) is 6.49. The quantitative estimate of drug-likeness (QED) is 0.883. The topological polar surface area (TPSA) is 42.0 Å². The Balaban J connectivity index is 2.29.